The van der Waals surface area contributed by atoms with Gasteiger partial charge in [0, 0.05) is 5.02 Å². The van der Waals surface area contributed by atoms with E-state index in [0.717, 1.165) is 11.8 Å². The normalized spacial score (nSPS) is 26.8. The Labute approximate surface area is 75.1 Å². The van der Waals surface area contributed by atoms with E-state index in [-0.39, 0.29) is 12.2 Å². The fourth-order valence-corrected chi connectivity index (χ4v) is 1.27. The molecule has 1 aromatic rings. The van der Waals surface area contributed by atoms with Gasteiger partial charge in [0.15, 0.2) is 6.29 Å². The Balaban J connectivity index is 2.15. The standard InChI is InChI=1S/C9H7ClO2/c10-7-3-1-6(2-4-7)9-8(5-11)12-9/h1-5,8-9H/t8-,9-/m1/s1. The molecule has 2 rings (SSSR count). The number of carbonyl (C=O) groups is 1. The average Bonchev–Trinajstić information content (AvgIpc) is 2.85. The van der Waals surface area contributed by atoms with Gasteiger partial charge in [-0.1, -0.05) is 23.7 Å². The molecule has 62 valence electrons. The topological polar surface area (TPSA) is 29.6 Å². The predicted molar refractivity (Wildman–Crippen MR) is 45.1 cm³/mol. The summed E-state index contributed by atoms with van der Waals surface area (Å²) < 4.78 is 5.08. The highest BCUT2D eigenvalue weighted by Crippen LogP contribution is 2.37. The summed E-state index contributed by atoms with van der Waals surface area (Å²) >= 11 is 5.70. The van der Waals surface area contributed by atoms with E-state index in [9.17, 15) is 4.79 Å². The second kappa shape index (κ2) is 2.88. The summed E-state index contributed by atoms with van der Waals surface area (Å²) in [7, 11) is 0. The average molecular weight is 183 g/mol. The lowest BCUT2D eigenvalue weighted by Gasteiger charge is -1.93. The summed E-state index contributed by atoms with van der Waals surface area (Å²) in [6.45, 7) is 0. The number of halogens is 1. The second-order valence-corrected chi connectivity index (χ2v) is 3.15. The Morgan fingerprint density at radius 2 is 2.00 bits per heavy atom. The Morgan fingerprint density at radius 3 is 2.50 bits per heavy atom. The highest BCUT2D eigenvalue weighted by atomic mass is 35.5. The van der Waals surface area contributed by atoms with Crippen LogP contribution in [0.15, 0.2) is 24.3 Å². The summed E-state index contributed by atoms with van der Waals surface area (Å²) in [5.74, 6) is 0. The third-order valence-corrected chi connectivity index (χ3v) is 2.11. The molecule has 0 spiro atoms. The molecule has 0 saturated carbocycles. The van der Waals surface area contributed by atoms with E-state index in [2.05, 4.69) is 0 Å². The van der Waals surface area contributed by atoms with Crippen LogP contribution in [0.25, 0.3) is 0 Å². The fourth-order valence-electron chi connectivity index (χ4n) is 1.15. The van der Waals surface area contributed by atoms with Crippen LogP contribution in [-0.4, -0.2) is 12.4 Å². The number of hydrogen-bond acceptors (Lipinski definition) is 2. The monoisotopic (exact) mass is 182 g/mol. The Kier molecular flexibility index (Phi) is 1.87. The lowest BCUT2D eigenvalue weighted by molar-refractivity contribution is -0.108. The van der Waals surface area contributed by atoms with E-state index in [1.165, 1.54) is 0 Å². The van der Waals surface area contributed by atoms with Crippen LogP contribution in [0, 0.1) is 0 Å². The lowest BCUT2D eigenvalue weighted by atomic mass is 10.1. The van der Waals surface area contributed by atoms with Crippen molar-refractivity contribution in [3.05, 3.63) is 34.9 Å². The summed E-state index contributed by atoms with van der Waals surface area (Å²) in [4.78, 5) is 10.3. The number of rotatable bonds is 2. The SMILES string of the molecule is O=C[C@H]1O[C@@H]1c1ccc(Cl)cc1. The lowest BCUT2D eigenvalue weighted by Crippen LogP contribution is -1.88. The molecule has 12 heavy (non-hydrogen) atoms. The van der Waals surface area contributed by atoms with Crippen LogP contribution >= 0.6 is 11.6 Å². The first-order chi connectivity index (χ1) is 5.81. The zero-order valence-corrected chi connectivity index (χ0v) is 6.99. The van der Waals surface area contributed by atoms with Crippen LogP contribution in [0.3, 0.4) is 0 Å². The first-order valence-corrected chi connectivity index (χ1v) is 4.05. The molecular weight excluding hydrogens is 176 g/mol. The molecule has 0 aromatic heterocycles. The molecule has 0 unspecified atom stereocenters. The van der Waals surface area contributed by atoms with Gasteiger partial charge in [0.2, 0.25) is 0 Å². The van der Waals surface area contributed by atoms with Crippen LogP contribution in [0.4, 0.5) is 0 Å². The van der Waals surface area contributed by atoms with Gasteiger partial charge in [0.25, 0.3) is 0 Å². The number of aldehydes is 1. The van der Waals surface area contributed by atoms with E-state index < -0.39 is 0 Å². The van der Waals surface area contributed by atoms with Crippen molar-refractivity contribution < 1.29 is 9.53 Å². The molecule has 0 bridgehead atoms. The maximum Gasteiger partial charge on any atom is 0.151 e. The summed E-state index contributed by atoms with van der Waals surface area (Å²) in [6, 6.07) is 7.33. The summed E-state index contributed by atoms with van der Waals surface area (Å²) in [5.41, 5.74) is 1.01. The Hall–Kier alpha value is -0.860. The maximum absolute atomic E-state index is 10.3. The van der Waals surface area contributed by atoms with Crippen molar-refractivity contribution in [2.24, 2.45) is 0 Å². The Bertz CT molecular complexity index is 294. The largest absolute Gasteiger partial charge is 0.357 e. The summed E-state index contributed by atoms with van der Waals surface area (Å²) in [5, 5.41) is 0.696. The molecule has 1 aliphatic rings. The van der Waals surface area contributed by atoms with E-state index >= 15 is 0 Å². The van der Waals surface area contributed by atoms with Crippen LogP contribution < -0.4 is 0 Å². The van der Waals surface area contributed by atoms with Gasteiger partial charge in [-0.25, -0.2) is 0 Å². The quantitative estimate of drug-likeness (QED) is 0.517. The molecule has 3 heteroatoms. The molecular formula is C9H7ClO2. The minimum absolute atomic E-state index is 0.0419. The fraction of sp³-hybridized carbons (Fsp3) is 0.222. The zero-order valence-electron chi connectivity index (χ0n) is 6.24. The van der Waals surface area contributed by atoms with Crippen molar-refractivity contribution in [3.63, 3.8) is 0 Å². The number of ether oxygens (including phenoxy) is 1. The van der Waals surface area contributed by atoms with Gasteiger partial charge in [-0.05, 0) is 17.7 Å². The van der Waals surface area contributed by atoms with Gasteiger partial charge in [-0.15, -0.1) is 0 Å². The first-order valence-electron chi connectivity index (χ1n) is 3.67. The van der Waals surface area contributed by atoms with Gasteiger partial charge in [0.1, 0.15) is 12.2 Å². The predicted octanol–water partition coefficient (Wildman–Crippen LogP) is 1.98. The minimum Gasteiger partial charge on any atom is -0.357 e. The molecule has 1 saturated heterocycles. The molecule has 0 N–H and O–H groups in total. The maximum atomic E-state index is 10.3. The smallest absolute Gasteiger partial charge is 0.151 e. The van der Waals surface area contributed by atoms with Crippen molar-refractivity contribution in [2.45, 2.75) is 12.2 Å². The van der Waals surface area contributed by atoms with E-state index in [4.69, 9.17) is 16.3 Å². The van der Waals surface area contributed by atoms with Crippen molar-refractivity contribution in [1.29, 1.82) is 0 Å². The minimum atomic E-state index is -0.244. The van der Waals surface area contributed by atoms with Crippen LogP contribution in [-0.2, 0) is 9.53 Å². The van der Waals surface area contributed by atoms with Gasteiger partial charge >= 0.3 is 0 Å². The molecule has 2 atom stereocenters. The second-order valence-electron chi connectivity index (χ2n) is 2.71. The van der Waals surface area contributed by atoms with Crippen molar-refractivity contribution in [3.8, 4) is 0 Å². The first kappa shape index (κ1) is 7.77. The third-order valence-electron chi connectivity index (χ3n) is 1.86. The van der Waals surface area contributed by atoms with Crippen molar-refractivity contribution >= 4 is 17.9 Å². The highest BCUT2D eigenvalue weighted by Gasteiger charge is 2.39. The number of epoxide rings is 1. The molecule has 1 heterocycles. The molecule has 0 amide bonds. The third kappa shape index (κ3) is 1.36. The summed E-state index contributed by atoms with van der Waals surface area (Å²) in [6.07, 6.45) is 0.533. The molecule has 1 aromatic carbocycles. The number of benzene rings is 1. The van der Waals surface area contributed by atoms with E-state index in [1.807, 2.05) is 12.1 Å². The number of carbonyl (C=O) groups excluding carboxylic acids is 1. The molecule has 0 radical (unpaired) electrons. The Morgan fingerprint density at radius 1 is 1.33 bits per heavy atom. The number of hydrogen-bond donors (Lipinski definition) is 0. The van der Waals surface area contributed by atoms with Gasteiger partial charge < -0.3 is 9.53 Å². The van der Waals surface area contributed by atoms with Gasteiger partial charge in [-0.2, -0.15) is 0 Å². The highest BCUT2D eigenvalue weighted by molar-refractivity contribution is 6.30. The van der Waals surface area contributed by atoms with Crippen LogP contribution in [0.2, 0.25) is 5.02 Å². The van der Waals surface area contributed by atoms with Crippen molar-refractivity contribution in [1.82, 2.24) is 0 Å². The van der Waals surface area contributed by atoms with Gasteiger partial charge in [-0.3, -0.25) is 0 Å². The van der Waals surface area contributed by atoms with E-state index in [1.54, 1.807) is 12.1 Å². The van der Waals surface area contributed by atoms with Gasteiger partial charge in [0.05, 0.1) is 0 Å². The molecule has 1 aliphatic heterocycles. The van der Waals surface area contributed by atoms with Crippen LogP contribution in [0.1, 0.15) is 11.7 Å². The van der Waals surface area contributed by atoms with Crippen molar-refractivity contribution in [2.75, 3.05) is 0 Å². The molecule has 2 nitrogen and oxygen atoms in total. The van der Waals surface area contributed by atoms with Crippen LogP contribution in [0.5, 0.6) is 0 Å². The van der Waals surface area contributed by atoms with E-state index in [0.29, 0.717) is 5.02 Å². The molecule has 1 fully saturated rings. The molecule has 0 aliphatic carbocycles. The zero-order chi connectivity index (χ0) is 8.55.